The van der Waals surface area contributed by atoms with Crippen LogP contribution < -0.4 is 4.74 Å². The number of hydrogen-bond donors (Lipinski definition) is 0. The molecule has 0 unspecified atom stereocenters. The Bertz CT molecular complexity index is 363. The Hall–Kier alpha value is -0.670. The van der Waals surface area contributed by atoms with Gasteiger partial charge in [0.1, 0.15) is 5.75 Å². The number of carbonyl (C=O) groups is 1. The van der Waals surface area contributed by atoms with E-state index in [1.807, 2.05) is 12.3 Å². The van der Waals surface area contributed by atoms with Crippen LogP contribution in [0.15, 0.2) is 17.0 Å². The smallest absolute Gasteiger partial charge is 0.165 e. The molecule has 14 heavy (non-hydrogen) atoms. The van der Waals surface area contributed by atoms with Crippen LogP contribution in [-0.2, 0) is 0 Å². The lowest BCUT2D eigenvalue weighted by Crippen LogP contribution is -1.99. The van der Waals surface area contributed by atoms with Crippen molar-refractivity contribution < 1.29 is 9.53 Å². The second kappa shape index (κ2) is 4.71. The van der Waals surface area contributed by atoms with E-state index in [9.17, 15) is 4.79 Å². The number of Topliss-reactive ketones (excluding diaryl/α,β-unsaturated/α-hetero) is 1. The van der Waals surface area contributed by atoms with E-state index in [0.717, 1.165) is 4.90 Å². The molecule has 0 amide bonds. The second-order valence-electron chi connectivity index (χ2n) is 2.74. The zero-order chi connectivity index (χ0) is 10.7. The molecule has 0 heterocycles. The topological polar surface area (TPSA) is 26.3 Å². The van der Waals surface area contributed by atoms with Crippen LogP contribution in [-0.4, -0.2) is 19.1 Å². The summed E-state index contributed by atoms with van der Waals surface area (Å²) >= 11 is 7.53. The van der Waals surface area contributed by atoms with E-state index in [1.54, 1.807) is 17.8 Å². The van der Waals surface area contributed by atoms with E-state index in [0.29, 0.717) is 16.3 Å². The first-order valence-electron chi connectivity index (χ1n) is 4.02. The van der Waals surface area contributed by atoms with Gasteiger partial charge in [-0.2, -0.15) is 0 Å². The second-order valence-corrected chi connectivity index (χ2v) is 4.03. The maximum Gasteiger partial charge on any atom is 0.165 e. The molecule has 0 aromatic heterocycles. The normalized spacial score (nSPS) is 10.0. The van der Waals surface area contributed by atoms with Gasteiger partial charge in [0.15, 0.2) is 5.78 Å². The number of halogens is 1. The van der Waals surface area contributed by atoms with Crippen molar-refractivity contribution in [3.05, 3.63) is 22.7 Å². The largest absolute Gasteiger partial charge is 0.496 e. The summed E-state index contributed by atoms with van der Waals surface area (Å²) in [7, 11) is 1.53. The number of rotatable bonds is 3. The van der Waals surface area contributed by atoms with Crippen molar-refractivity contribution in [2.24, 2.45) is 0 Å². The van der Waals surface area contributed by atoms with Crippen molar-refractivity contribution in [1.29, 1.82) is 0 Å². The average molecular weight is 231 g/mol. The monoisotopic (exact) mass is 230 g/mol. The van der Waals surface area contributed by atoms with Gasteiger partial charge in [0.2, 0.25) is 0 Å². The fourth-order valence-electron chi connectivity index (χ4n) is 1.18. The van der Waals surface area contributed by atoms with Crippen molar-refractivity contribution in [2.75, 3.05) is 13.4 Å². The van der Waals surface area contributed by atoms with Crippen molar-refractivity contribution in [3.63, 3.8) is 0 Å². The van der Waals surface area contributed by atoms with E-state index in [-0.39, 0.29) is 5.78 Å². The van der Waals surface area contributed by atoms with Gasteiger partial charge in [-0.3, -0.25) is 4.79 Å². The first-order valence-corrected chi connectivity index (χ1v) is 5.63. The van der Waals surface area contributed by atoms with Gasteiger partial charge in [-0.05, 0) is 25.3 Å². The van der Waals surface area contributed by atoms with Crippen molar-refractivity contribution in [1.82, 2.24) is 0 Å². The Kier molecular flexibility index (Phi) is 3.84. The van der Waals surface area contributed by atoms with Crippen LogP contribution >= 0.6 is 23.4 Å². The van der Waals surface area contributed by atoms with Crippen LogP contribution in [0.5, 0.6) is 5.75 Å². The van der Waals surface area contributed by atoms with Gasteiger partial charge >= 0.3 is 0 Å². The molecule has 0 atom stereocenters. The summed E-state index contributed by atoms with van der Waals surface area (Å²) in [6, 6.07) is 3.58. The molecule has 0 radical (unpaired) electrons. The predicted molar refractivity (Wildman–Crippen MR) is 59.8 cm³/mol. The molecule has 0 saturated carbocycles. The molecule has 1 aromatic carbocycles. The number of ether oxygens (including phenoxy) is 1. The van der Waals surface area contributed by atoms with Crippen LogP contribution in [0.1, 0.15) is 17.3 Å². The van der Waals surface area contributed by atoms with Crippen molar-refractivity contribution in [2.45, 2.75) is 11.8 Å². The molecule has 2 nitrogen and oxygen atoms in total. The Morgan fingerprint density at radius 3 is 2.57 bits per heavy atom. The van der Waals surface area contributed by atoms with Gasteiger partial charge in [0.05, 0.1) is 17.7 Å². The van der Waals surface area contributed by atoms with Crippen molar-refractivity contribution in [3.8, 4) is 5.75 Å². The molecular weight excluding hydrogens is 220 g/mol. The van der Waals surface area contributed by atoms with Crippen LogP contribution in [0.4, 0.5) is 0 Å². The van der Waals surface area contributed by atoms with E-state index >= 15 is 0 Å². The number of hydrogen-bond acceptors (Lipinski definition) is 3. The summed E-state index contributed by atoms with van der Waals surface area (Å²) < 4.78 is 5.11. The number of thioether (sulfide) groups is 1. The third kappa shape index (κ3) is 2.22. The fraction of sp³-hybridized carbons (Fsp3) is 0.300. The molecule has 1 aromatic rings. The molecule has 0 aliphatic heterocycles. The van der Waals surface area contributed by atoms with Crippen LogP contribution in [0.2, 0.25) is 5.02 Å². The summed E-state index contributed by atoms with van der Waals surface area (Å²) in [5, 5.41) is 0.446. The summed E-state index contributed by atoms with van der Waals surface area (Å²) in [4.78, 5) is 12.3. The van der Waals surface area contributed by atoms with Crippen LogP contribution in [0, 0.1) is 0 Å². The SMILES string of the molecule is COc1cc(SC)cc(Cl)c1C(C)=O. The maximum atomic E-state index is 11.3. The molecule has 76 valence electrons. The molecular formula is C10H11ClO2S. The molecule has 0 saturated heterocycles. The summed E-state index contributed by atoms with van der Waals surface area (Å²) in [5.41, 5.74) is 0.451. The third-order valence-electron chi connectivity index (χ3n) is 1.84. The lowest BCUT2D eigenvalue weighted by molar-refractivity contribution is 0.101. The molecule has 0 aliphatic carbocycles. The number of methoxy groups -OCH3 is 1. The van der Waals surface area contributed by atoms with Crippen molar-refractivity contribution >= 4 is 29.1 Å². The molecule has 4 heteroatoms. The predicted octanol–water partition coefficient (Wildman–Crippen LogP) is 3.27. The highest BCUT2D eigenvalue weighted by atomic mass is 35.5. The summed E-state index contributed by atoms with van der Waals surface area (Å²) in [6.07, 6.45) is 1.94. The highest BCUT2D eigenvalue weighted by Gasteiger charge is 2.13. The Morgan fingerprint density at radius 2 is 2.14 bits per heavy atom. The minimum Gasteiger partial charge on any atom is -0.496 e. The Labute approximate surface area is 92.6 Å². The van der Waals surface area contributed by atoms with Gasteiger partial charge < -0.3 is 4.74 Å². The highest BCUT2D eigenvalue weighted by molar-refractivity contribution is 7.98. The van der Waals surface area contributed by atoms with Gasteiger partial charge in [0, 0.05) is 4.90 Å². The minimum absolute atomic E-state index is 0.0838. The van der Waals surface area contributed by atoms with E-state index < -0.39 is 0 Å². The Morgan fingerprint density at radius 1 is 1.50 bits per heavy atom. The highest BCUT2D eigenvalue weighted by Crippen LogP contribution is 2.32. The average Bonchev–Trinajstić information content (AvgIpc) is 2.15. The lowest BCUT2D eigenvalue weighted by atomic mass is 10.1. The van der Waals surface area contributed by atoms with Gasteiger partial charge in [0.25, 0.3) is 0 Å². The molecule has 0 spiro atoms. The zero-order valence-corrected chi connectivity index (χ0v) is 9.83. The minimum atomic E-state index is -0.0838. The van der Waals surface area contributed by atoms with Crippen LogP contribution in [0.25, 0.3) is 0 Å². The first kappa shape index (κ1) is 11.4. The van der Waals surface area contributed by atoms with E-state index in [4.69, 9.17) is 16.3 Å². The summed E-state index contributed by atoms with van der Waals surface area (Å²) in [5.74, 6) is 0.453. The van der Waals surface area contributed by atoms with Gasteiger partial charge in [-0.15, -0.1) is 11.8 Å². The maximum absolute atomic E-state index is 11.3. The van der Waals surface area contributed by atoms with E-state index in [2.05, 4.69) is 0 Å². The van der Waals surface area contributed by atoms with E-state index in [1.165, 1.54) is 14.0 Å². The molecule has 0 bridgehead atoms. The zero-order valence-electron chi connectivity index (χ0n) is 8.26. The number of ketones is 1. The third-order valence-corrected chi connectivity index (χ3v) is 2.84. The van der Waals surface area contributed by atoms with Gasteiger partial charge in [-0.25, -0.2) is 0 Å². The lowest BCUT2D eigenvalue weighted by Gasteiger charge is -2.09. The number of carbonyl (C=O) groups excluding carboxylic acids is 1. The Balaban J connectivity index is 3.34. The standard InChI is InChI=1S/C10H11ClO2S/c1-6(12)10-8(11)4-7(14-3)5-9(10)13-2/h4-5H,1-3H3. The molecule has 0 fully saturated rings. The van der Waals surface area contributed by atoms with Crippen LogP contribution in [0.3, 0.4) is 0 Å². The first-order chi connectivity index (χ1) is 6.60. The number of benzene rings is 1. The summed E-state index contributed by atoms with van der Waals surface area (Å²) in [6.45, 7) is 1.47. The quantitative estimate of drug-likeness (QED) is 0.589. The van der Waals surface area contributed by atoms with Gasteiger partial charge in [-0.1, -0.05) is 11.6 Å². The molecule has 0 N–H and O–H groups in total. The molecule has 0 aliphatic rings. The molecule has 1 rings (SSSR count). The fourth-order valence-corrected chi connectivity index (χ4v) is 2.05.